The fraction of sp³-hybridized carbons (Fsp3) is 0.179. The van der Waals surface area contributed by atoms with Crippen molar-refractivity contribution < 1.29 is 37.3 Å². The number of pyridine rings is 1. The van der Waals surface area contributed by atoms with Gasteiger partial charge in [0.25, 0.3) is 0 Å². The van der Waals surface area contributed by atoms with Crippen molar-refractivity contribution >= 4 is 23.4 Å². The second kappa shape index (κ2) is 12.1. The number of ether oxygens (including phenoxy) is 2. The number of carbonyl (C=O) groups is 2. The van der Waals surface area contributed by atoms with Crippen LogP contribution in [0.15, 0.2) is 73.1 Å². The van der Waals surface area contributed by atoms with Gasteiger partial charge in [-0.25, -0.2) is 4.79 Å². The molecule has 4 rings (SSSR count). The minimum Gasteiger partial charge on any atom is -0.460 e. The zero-order valence-electron chi connectivity index (χ0n) is 20.3. The number of hydrogen-bond donors (Lipinski definition) is 2. The Morgan fingerprint density at radius 3 is 2.38 bits per heavy atom. The second-order valence-electron chi connectivity index (χ2n) is 8.49. The van der Waals surface area contributed by atoms with Gasteiger partial charge in [-0.15, -0.1) is 0 Å². The van der Waals surface area contributed by atoms with Crippen LogP contribution in [0.3, 0.4) is 0 Å². The predicted molar refractivity (Wildman–Crippen MR) is 137 cm³/mol. The van der Waals surface area contributed by atoms with Crippen molar-refractivity contribution in [3.63, 3.8) is 0 Å². The molecule has 0 aliphatic rings. The average molecular weight is 559 g/mol. The van der Waals surface area contributed by atoms with E-state index in [1.165, 1.54) is 12.3 Å². The van der Waals surface area contributed by atoms with Crippen LogP contribution in [0, 0.1) is 0 Å². The van der Waals surface area contributed by atoms with E-state index < -0.39 is 22.7 Å². The van der Waals surface area contributed by atoms with E-state index in [-0.39, 0.29) is 43.0 Å². The minimum absolute atomic E-state index is 0.0412. The number of hydrogen-bond acceptors (Lipinski definition) is 6. The molecule has 2 aromatic heterocycles. The number of nitrogens with one attached hydrogen (secondary N) is 1. The molecule has 39 heavy (non-hydrogen) atoms. The number of esters is 1. The van der Waals surface area contributed by atoms with E-state index in [1.54, 1.807) is 48.7 Å². The molecule has 0 atom stereocenters. The smallest absolute Gasteiger partial charge is 0.417 e. The average Bonchev–Trinajstić information content (AvgIpc) is 3.40. The normalized spacial score (nSPS) is 11.3. The van der Waals surface area contributed by atoms with Crippen molar-refractivity contribution in [2.45, 2.75) is 19.0 Å². The number of nitrogens with zero attached hydrogens (tertiary/aromatic N) is 1. The standard InChI is InChI=1S/C28H22ClF3N2O5/c29-24-6-3-18(13-23(24)28(30,31)32)12-20(36)11-17-1-4-21(5-2-17)39-22-7-8-33-26(15-22)25-14-19(16-34-25)27(37)38-10-9-35/h1-8,13-16,34-35H,9-12H2. The molecule has 202 valence electrons. The second-order valence-corrected chi connectivity index (χ2v) is 8.90. The molecular weight excluding hydrogens is 537 g/mol. The first kappa shape index (κ1) is 27.9. The molecule has 0 unspecified atom stereocenters. The Labute approximate surface area is 226 Å². The van der Waals surface area contributed by atoms with Gasteiger partial charge in [-0.1, -0.05) is 29.8 Å². The third-order valence-electron chi connectivity index (χ3n) is 5.55. The fourth-order valence-corrected chi connectivity index (χ4v) is 3.96. The summed E-state index contributed by atoms with van der Waals surface area (Å²) in [5.74, 6) is 0.155. The highest BCUT2D eigenvalue weighted by molar-refractivity contribution is 6.31. The first-order valence-electron chi connectivity index (χ1n) is 11.7. The first-order chi connectivity index (χ1) is 18.6. The molecule has 0 aliphatic carbocycles. The van der Waals surface area contributed by atoms with Gasteiger partial charge in [-0.05, 0) is 47.5 Å². The van der Waals surface area contributed by atoms with Crippen molar-refractivity contribution in [2.24, 2.45) is 0 Å². The van der Waals surface area contributed by atoms with Gasteiger partial charge in [-0.2, -0.15) is 13.2 Å². The summed E-state index contributed by atoms with van der Waals surface area (Å²) in [6, 6.07) is 15.1. The summed E-state index contributed by atoms with van der Waals surface area (Å²) in [6.07, 6.45) is -1.69. The molecule has 2 aromatic carbocycles. The summed E-state index contributed by atoms with van der Waals surface area (Å²) in [4.78, 5) is 31.6. The van der Waals surface area contributed by atoms with Crippen molar-refractivity contribution in [3.8, 4) is 22.9 Å². The number of aliphatic hydroxyl groups is 1. The van der Waals surface area contributed by atoms with Crippen molar-refractivity contribution in [1.82, 2.24) is 9.97 Å². The number of benzene rings is 2. The monoisotopic (exact) mass is 558 g/mol. The Balaban J connectivity index is 1.37. The number of ketones is 1. The number of H-pyrrole nitrogens is 1. The molecule has 0 spiro atoms. The molecule has 0 saturated heterocycles. The number of aromatic amines is 1. The maximum atomic E-state index is 13.1. The van der Waals surface area contributed by atoms with E-state index >= 15 is 0 Å². The highest BCUT2D eigenvalue weighted by Gasteiger charge is 2.33. The van der Waals surface area contributed by atoms with Crippen LogP contribution in [0.1, 0.15) is 27.0 Å². The minimum atomic E-state index is -4.60. The molecule has 0 amide bonds. The topological polar surface area (TPSA) is 102 Å². The van der Waals surface area contributed by atoms with Gasteiger partial charge in [0, 0.05) is 31.3 Å². The van der Waals surface area contributed by atoms with Crippen LogP contribution in [0.4, 0.5) is 13.2 Å². The SMILES string of the molecule is O=C(Cc1ccc(Oc2ccnc(-c3cc(C(=O)OCCO)c[nH]3)c2)cc1)Cc1ccc(Cl)c(C(F)(F)F)c1. The molecule has 0 saturated carbocycles. The largest absolute Gasteiger partial charge is 0.460 e. The molecule has 2 N–H and O–H groups in total. The molecule has 7 nitrogen and oxygen atoms in total. The molecule has 0 fully saturated rings. The Morgan fingerprint density at radius 2 is 1.67 bits per heavy atom. The van der Waals surface area contributed by atoms with Crippen LogP contribution in [0.25, 0.3) is 11.4 Å². The van der Waals surface area contributed by atoms with Crippen LogP contribution in [0.5, 0.6) is 11.5 Å². The van der Waals surface area contributed by atoms with E-state index in [0.29, 0.717) is 28.5 Å². The number of carbonyl (C=O) groups excluding carboxylic acids is 2. The summed E-state index contributed by atoms with van der Waals surface area (Å²) in [5.41, 5.74) is 1.32. The number of halogens is 4. The number of aliphatic hydroxyl groups excluding tert-OH is 1. The summed E-state index contributed by atoms with van der Waals surface area (Å²) in [6.45, 7) is -0.365. The summed E-state index contributed by atoms with van der Waals surface area (Å²) >= 11 is 5.64. The molecule has 11 heteroatoms. The van der Waals surface area contributed by atoms with E-state index in [9.17, 15) is 22.8 Å². The Hall–Kier alpha value is -4.15. The molecule has 4 aromatic rings. The molecule has 0 bridgehead atoms. The number of rotatable bonds is 10. The number of aromatic nitrogens is 2. The lowest BCUT2D eigenvalue weighted by atomic mass is 10.0. The molecule has 0 aliphatic heterocycles. The van der Waals surface area contributed by atoms with E-state index in [1.807, 2.05) is 0 Å². The molecular formula is C28H22ClF3N2O5. The van der Waals surface area contributed by atoms with Crippen molar-refractivity contribution in [2.75, 3.05) is 13.2 Å². The highest BCUT2D eigenvalue weighted by Crippen LogP contribution is 2.35. The van der Waals surface area contributed by atoms with Crippen LogP contribution in [0.2, 0.25) is 5.02 Å². The van der Waals surface area contributed by atoms with Gasteiger partial charge in [0.05, 0.1) is 34.1 Å². The van der Waals surface area contributed by atoms with Gasteiger partial charge in [0.15, 0.2) is 0 Å². The lowest BCUT2D eigenvalue weighted by Gasteiger charge is -2.11. The van der Waals surface area contributed by atoms with E-state index in [2.05, 4.69) is 9.97 Å². The predicted octanol–water partition coefficient (Wildman–Crippen LogP) is 6.04. The zero-order valence-corrected chi connectivity index (χ0v) is 21.1. The lowest BCUT2D eigenvalue weighted by Crippen LogP contribution is -2.10. The van der Waals surface area contributed by atoms with E-state index in [4.69, 9.17) is 26.2 Å². The number of Topliss-reactive ketones (excluding diaryl/α,β-unsaturated/α-hetero) is 1. The molecule has 2 heterocycles. The maximum absolute atomic E-state index is 13.1. The van der Waals surface area contributed by atoms with Crippen LogP contribution in [-0.2, 0) is 28.5 Å². The van der Waals surface area contributed by atoms with Crippen LogP contribution < -0.4 is 4.74 Å². The van der Waals surface area contributed by atoms with Gasteiger partial charge >= 0.3 is 12.1 Å². The lowest BCUT2D eigenvalue weighted by molar-refractivity contribution is -0.137. The Morgan fingerprint density at radius 1 is 0.949 bits per heavy atom. The van der Waals surface area contributed by atoms with Crippen LogP contribution in [-0.4, -0.2) is 40.0 Å². The van der Waals surface area contributed by atoms with Gasteiger partial charge in [0.1, 0.15) is 23.9 Å². The summed E-state index contributed by atoms with van der Waals surface area (Å²) < 4.78 is 50.0. The Bertz CT molecular complexity index is 1470. The van der Waals surface area contributed by atoms with Crippen molar-refractivity contribution in [3.05, 3.63) is 100 Å². The first-order valence-corrected chi connectivity index (χ1v) is 12.1. The van der Waals surface area contributed by atoms with Crippen LogP contribution >= 0.6 is 11.6 Å². The highest BCUT2D eigenvalue weighted by atomic mass is 35.5. The summed E-state index contributed by atoms with van der Waals surface area (Å²) in [5, 5.41) is 8.37. The Kier molecular flexibility index (Phi) is 8.68. The third-order valence-corrected chi connectivity index (χ3v) is 5.88. The third kappa shape index (κ3) is 7.46. The maximum Gasteiger partial charge on any atom is 0.417 e. The summed E-state index contributed by atoms with van der Waals surface area (Å²) in [7, 11) is 0. The molecule has 0 radical (unpaired) electrons. The fourth-order valence-electron chi connectivity index (χ4n) is 3.73. The quantitative estimate of drug-likeness (QED) is 0.230. The van der Waals surface area contributed by atoms with Crippen molar-refractivity contribution in [1.29, 1.82) is 0 Å². The number of alkyl halides is 3. The zero-order chi connectivity index (χ0) is 28.0. The van der Waals surface area contributed by atoms with Gasteiger partial charge in [-0.3, -0.25) is 9.78 Å². The van der Waals surface area contributed by atoms with Gasteiger partial charge in [0.2, 0.25) is 0 Å². The van der Waals surface area contributed by atoms with E-state index in [0.717, 1.165) is 12.1 Å². The van der Waals surface area contributed by atoms with Gasteiger partial charge < -0.3 is 19.6 Å².